The number of amides is 2. The molecule has 1 aromatic rings. The molecular formula is C17H24N6O2. The van der Waals surface area contributed by atoms with E-state index in [-0.39, 0.29) is 30.1 Å². The van der Waals surface area contributed by atoms with Gasteiger partial charge < -0.3 is 15.2 Å². The molecule has 2 aliphatic heterocycles. The predicted octanol–water partition coefficient (Wildman–Crippen LogP) is -0.892. The Morgan fingerprint density at radius 1 is 1.48 bits per heavy atom. The van der Waals surface area contributed by atoms with Crippen molar-refractivity contribution in [2.45, 2.75) is 38.5 Å². The van der Waals surface area contributed by atoms with Crippen LogP contribution >= 0.6 is 0 Å². The molecule has 2 amide bonds. The van der Waals surface area contributed by atoms with Crippen molar-refractivity contribution >= 4 is 11.8 Å². The van der Waals surface area contributed by atoms with Crippen molar-refractivity contribution in [1.29, 1.82) is 0 Å². The first kappa shape index (κ1) is 17.3. The Bertz CT molecular complexity index is 797. The normalized spacial score (nSPS) is 22.1. The number of aromatic amines is 1. The van der Waals surface area contributed by atoms with Crippen molar-refractivity contribution in [2.24, 2.45) is 9.98 Å². The van der Waals surface area contributed by atoms with Gasteiger partial charge in [0.05, 0.1) is 12.1 Å². The summed E-state index contributed by atoms with van der Waals surface area (Å²) in [5.41, 5.74) is 1.15. The number of nitrogens with one attached hydrogen (secondary N) is 3. The van der Waals surface area contributed by atoms with E-state index in [9.17, 15) is 9.59 Å². The van der Waals surface area contributed by atoms with Crippen molar-refractivity contribution in [2.75, 3.05) is 19.6 Å². The highest BCUT2D eigenvalue weighted by atomic mass is 16.2. The van der Waals surface area contributed by atoms with E-state index in [1.165, 1.54) is 6.08 Å². The summed E-state index contributed by atoms with van der Waals surface area (Å²) in [6, 6.07) is 0.223. The third-order valence-corrected chi connectivity index (χ3v) is 4.31. The van der Waals surface area contributed by atoms with Crippen LogP contribution in [-0.4, -0.2) is 59.6 Å². The van der Waals surface area contributed by atoms with Gasteiger partial charge in [-0.15, -0.1) is 0 Å². The van der Waals surface area contributed by atoms with Crippen LogP contribution in [0.2, 0.25) is 0 Å². The first-order valence-electron chi connectivity index (χ1n) is 8.56. The summed E-state index contributed by atoms with van der Waals surface area (Å²) in [6.07, 6.45) is 3.66. The first-order chi connectivity index (χ1) is 12.0. The quantitative estimate of drug-likeness (QED) is 0.604. The summed E-state index contributed by atoms with van der Waals surface area (Å²) in [6.45, 7) is 9.21. The van der Waals surface area contributed by atoms with Gasteiger partial charge in [-0.05, 0) is 26.3 Å². The molecule has 1 fully saturated rings. The van der Waals surface area contributed by atoms with Crippen LogP contribution in [0.1, 0.15) is 30.6 Å². The fourth-order valence-corrected chi connectivity index (χ4v) is 3.13. The van der Waals surface area contributed by atoms with E-state index >= 15 is 0 Å². The molecule has 0 bridgehead atoms. The molecule has 3 heterocycles. The van der Waals surface area contributed by atoms with Gasteiger partial charge in [0.25, 0.3) is 5.91 Å². The van der Waals surface area contributed by atoms with Gasteiger partial charge in [-0.25, -0.2) is 0 Å². The van der Waals surface area contributed by atoms with Gasteiger partial charge in [-0.1, -0.05) is 6.58 Å². The molecule has 2 atom stereocenters. The fourth-order valence-electron chi connectivity index (χ4n) is 3.13. The van der Waals surface area contributed by atoms with Crippen LogP contribution in [-0.2, 0) is 4.79 Å². The summed E-state index contributed by atoms with van der Waals surface area (Å²) in [5, 5.41) is 6.90. The molecular weight excluding hydrogens is 320 g/mol. The van der Waals surface area contributed by atoms with Crippen molar-refractivity contribution in [3.63, 3.8) is 0 Å². The molecule has 3 rings (SSSR count). The molecule has 0 radical (unpaired) electrons. The smallest absolute Gasteiger partial charge is 0.255 e. The molecule has 1 unspecified atom stereocenters. The summed E-state index contributed by atoms with van der Waals surface area (Å²) in [7, 11) is 0. The van der Waals surface area contributed by atoms with Crippen LogP contribution in [0.15, 0.2) is 28.8 Å². The SMILES string of the molecule is C=CC(=O)N1CC[C@H](NC2CN=c3[nH]cc(C(=O)NC(C)C)c3=N2)C1. The predicted molar refractivity (Wildman–Crippen MR) is 92.7 cm³/mol. The highest BCUT2D eigenvalue weighted by molar-refractivity contribution is 5.93. The summed E-state index contributed by atoms with van der Waals surface area (Å²) >= 11 is 0. The molecule has 25 heavy (non-hydrogen) atoms. The molecule has 134 valence electrons. The van der Waals surface area contributed by atoms with E-state index in [0.717, 1.165) is 6.42 Å². The van der Waals surface area contributed by atoms with E-state index in [2.05, 4.69) is 32.2 Å². The fraction of sp³-hybridized carbons (Fsp3) is 0.529. The Hall–Kier alpha value is -2.48. The zero-order chi connectivity index (χ0) is 18.0. The highest BCUT2D eigenvalue weighted by Gasteiger charge is 2.27. The molecule has 3 N–H and O–H groups in total. The number of rotatable bonds is 5. The maximum absolute atomic E-state index is 12.3. The lowest BCUT2D eigenvalue weighted by Crippen LogP contribution is -2.47. The Balaban J connectivity index is 1.71. The Morgan fingerprint density at radius 2 is 2.28 bits per heavy atom. The lowest BCUT2D eigenvalue weighted by Gasteiger charge is -2.20. The number of nitrogens with zero attached hydrogens (tertiary/aromatic N) is 3. The van der Waals surface area contributed by atoms with Crippen molar-refractivity contribution < 1.29 is 9.59 Å². The number of carbonyl (C=O) groups excluding carboxylic acids is 2. The zero-order valence-electron chi connectivity index (χ0n) is 14.6. The van der Waals surface area contributed by atoms with Gasteiger partial charge in [-0.3, -0.25) is 24.9 Å². The van der Waals surface area contributed by atoms with E-state index in [0.29, 0.717) is 36.0 Å². The highest BCUT2D eigenvalue weighted by Crippen LogP contribution is 2.11. The minimum atomic E-state index is -0.197. The molecule has 2 aliphatic rings. The van der Waals surface area contributed by atoms with Crippen molar-refractivity contribution in [3.05, 3.63) is 35.3 Å². The Labute approximate surface area is 146 Å². The number of carbonyl (C=O) groups is 2. The second-order valence-corrected chi connectivity index (χ2v) is 6.65. The van der Waals surface area contributed by atoms with Gasteiger partial charge >= 0.3 is 0 Å². The number of H-pyrrole nitrogens is 1. The first-order valence-corrected chi connectivity index (χ1v) is 8.56. The van der Waals surface area contributed by atoms with Crippen molar-refractivity contribution in [1.82, 2.24) is 20.5 Å². The standard InChI is InChI=1S/C17H24N6O2/c1-4-14(24)23-6-5-11(9-23)21-13-8-19-16-15(22-13)12(7-18-16)17(25)20-10(2)3/h4,7,10-11,13,21H,1,5-6,8-9H2,2-3H3,(H,18,19)(H,20,25)/t11-,13?/m0/s1. The number of hydrogen-bond acceptors (Lipinski definition) is 5. The largest absolute Gasteiger partial charge is 0.350 e. The lowest BCUT2D eigenvalue weighted by atomic mass is 10.2. The van der Waals surface area contributed by atoms with E-state index in [1.807, 2.05) is 13.8 Å². The molecule has 1 aromatic heterocycles. The average molecular weight is 344 g/mol. The summed E-state index contributed by atoms with van der Waals surface area (Å²) in [4.78, 5) is 37.9. The van der Waals surface area contributed by atoms with Gasteiger partial charge in [0.2, 0.25) is 5.91 Å². The van der Waals surface area contributed by atoms with Crippen LogP contribution in [0, 0.1) is 0 Å². The van der Waals surface area contributed by atoms with Gasteiger partial charge in [0.1, 0.15) is 11.5 Å². The van der Waals surface area contributed by atoms with Gasteiger partial charge in [0, 0.05) is 31.4 Å². The zero-order valence-corrected chi connectivity index (χ0v) is 14.6. The number of fused-ring (bicyclic) bond motifs is 1. The maximum Gasteiger partial charge on any atom is 0.255 e. The minimum absolute atomic E-state index is 0.0462. The maximum atomic E-state index is 12.3. The summed E-state index contributed by atoms with van der Waals surface area (Å²) < 4.78 is 0. The average Bonchev–Trinajstić information content (AvgIpc) is 3.20. The van der Waals surface area contributed by atoms with Crippen molar-refractivity contribution in [3.8, 4) is 0 Å². The van der Waals surface area contributed by atoms with Crippen LogP contribution in [0.25, 0.3) is 0 Å². The van der Waals surface area contributed by atoms with Crippen LogP contribution in [0.5, 0.6) is 0 Å². The molecule has 0 spiro atoms. The van der Waals surface area contributed by atoms with E-state index in [1.54, 1.807) is 11.1 Å². The van der Waals surface area contributed by atoms with Crippen LogP contribution in [0.3, 0.4) is 0 Å². The summed E-state index contributed by atoms with van der Waals surface area (Å²) in [5.74, 6) is -0.203. The molecule has 8 nitrogen and oxygen atoms in total. The number of likely N-dealkylation sites (tertiary alicyclic amines) is 1. The van der Waals surface area contributed by atoms with Gasteiger partial charge in [0.15, 0.2) is 5.49 Å². The van der Waals surface area contributed by atoms with E-state index < -0.39 is 0 Å². The topological polar surface area (TPSA) is 102 Å². The molecule has 8 heteroatoms. The monoisotopic (exact) mass is 344 g/mol. The lowest BCUT2D eigenvalue weighted by molar-refractivity contribution is -0.125. The second kappa shape index (κ2) is 7.18. The third kappa shape index (κ3) is 3.79. The van der Waals surface area contributed by atoms with Crippen LogP contribution < -0.4 is 21.5 Å². The molecule has 0 saturated carbocycles. The second-order valence-electron chi connectivity index (χ2n) is 6.65. The third-order valence-electron chi connectivity index (χ3n) is 4.31. The Morgan fingerprint density at radius 3 is 3.00 bits per heavy atom. The van der Waals surface area contributed by atoms with Crippen LogP contribution in [0.4, 0.5) is 0 Å². The van der Waals surface area contributed by atoms with Gasteiger partial charge in [-0.2, -0.15) is 0 Å². The molecule has 0 aliphatic carbocycles. The van der Waals surface area contributed by atoms with E-state index in [4.69, 9.17) is 0 Å². The molecule has 1 saturated heterocycles. The minimum Gasteiger partial charge on any atom is -0.350 e. The molecule has 0 aromatic carbocycles. The Kier molecular flexibility index (Phi) is 4.98. The number of aromatic nitrogens is 1. The number of hydrogen-bond donors (Lipinski definition) is 3.